The molecule has 0 amide bonds. The fourth-order valence-electron chi connectivity index (χ4n) is 0.689. The third-order valence-electron chi connectivity index (χ3n) is 1.13. The summed E-state index contributed by atoms with van der Waals surface area (Å²) in [6.45, 7) is 0. The smallest absolute Gasteiger partial charge is 0.404 e. The SMILES string of the molecule is O=c1[nH]c(F)cc(OC(F)(F)F)c1Br. The van der Waals surface area contributed by atoms with Gasteiger partial charge in [0, 0.05) is 6.07 Å². The molecule has 1 N–H and O–H groups in total. The average molecular weight is 276 g/mol. The molecule has 0 spiro atoms. The molecule has 8 heteroatoms. The van der Waals surface area contributed by atoms with Gasteiger partial charge in [-0.15, -0.1) is 13.2 Å². The van der Waals surface area contributed by atoms with Crippen molar-refractivity contribution in [2.45, 2.75) is 6.36 Å². The average Bonchev–Trinajstić information content (AvgIpc) is 1.96. The van der Waals surface area contributed by atoms with Gasteiger partial charge in [0.15, 0.2) is 11.7 Å². The summed E-state index contributed by atoms with van der Waals surface area (Å²) < 4.78 is 50.5. The van der Waals surface area contributed by atoms with Crippen LogP contribution in [0.3, 0.4) is 0 Å². The predicted octanol–water partition coefficient (Wildman–Crippen LogP) is 2.18. The number of H-pyrrole nitrogens is 1. The van der Waals surface area contributed by atoms with Crippen LogP contribution in [0.15, 0.2) is 15.3 Å². The van der Waals surface area contributed by atoms with Crippen LogP contribution in [0.1, 0.15) is 0 Å². The molecule has 3 nitrogen and oxygen atoms in total. The molecule has 1 aromatic heterocycles. The van der Waals surface area contributed by atoms with Crippen LogP contribution in [-0.2, 0) is 0 Å². The number of ether oxygens (including phenoxy) is 1. The van der Waals surface area contributed by atoms with Crippen molar-refractivity contribution in [3.63, 3.8) is 0 Å². The molecule has 1 heterocycles. The van der Waals surface area contributed by atoms with Crippen molar-refractivity contribution in [1.29, 1.82) is 0 Å². The second kappa shape index (κ2) is 3.60. The summed E-state index contributed by atoms with van der Waals surface area (Å²) in [6.07, 6.45) is -4.97. The van der Waals surface area contributed by atoms with E-state index in [4.69, 9.17) is 0 Å². The number of rotatable bonds is 1. The summed E-state index contributed by atoms with van der Waals surface area (Å²) in [4.78, 5) is 12.4. The highest BCUT2D eigenvalue weighted by atomic mass is 79.9. The van der Waals surface area contributed by atoms with E-state index in [1.165, 1.54) is 0 Å². The quantitative estimate of drug-likeness (QED) is 0.631. The number of nitrogens with one attached hydrogen (secondary N) is 1. The van der Waals surface area contributed by atoms with Crippen LogP contribution < -0.4 is 10.3 Å². The lowest BCUT2D eigenvalue weighted by Gasteiger charge is -2.09. The first-order chi connectivity index (χ1) is 6.29. The van der Waals surface area contributed by atoms with Crippen LogP contribution in [0.25, 0.3) is 0 Å². The Kier molecular flexibility index (Phi) is 2.84. The van der Waals surface area contributed by atoms with Gasteiger partial charge in [-0.1, -0.05) is 0 Å². The van der Waals surface area contributed by atoms with Crippen LogP contribution in [-0.4, -0.2) is 11.3 Å². The maximum atomic E-state index is 12.5. The first-order valence-electron chi connectivity index (χ1n) is 3.13. The van der Waals surface area contributed by atoms with E-state index >= 15 is 0 Å². The number of hydrogen-bond donors (Lipinski definition) is 1. The normalized spacial score (nSPS) is 11.5. The van der Waals surface area contributed by atoms with Crippen molar-refractivity contribution < 1.29 is 22.3 Å². The van der Waals surface area contributed by atoms with Crippen LogP contribution in [0, 0.1) is 5.95 Å². The molecular weight excluding hydrogens is 274 g/mol. The summed E-state index contributed by atoms with van der Waals surface area (Å²) in [7, 11) is 0. The largest absolute Gasteiger partial charge is 0.573 e. The van der Waals surface area contributed by atoms with Crippen LogP contribution in [0.2, 0.25) is 0 Å². The summed E-state index contributed by atoms with van der Waals surface area (Å²) in [5, 5.41) is 0. The number of aromatic nitrogens is 1. The monoisotopic (exact) mass is 275 g/mol. The van der Waals surface area contributed by atoms with Gasteiger partial charge in [0.1, 0.15) is 4.47 Å². The van der Waals surface area contributed by atoms with Gasteiger partial charge in [0.05, 0.1) is 0 Å². The molecule has 0 radical (unpaired) electrons. The first-order valence-corrected chi connectivity index (χ1v) is 3.93. The summed E-state index contributed by atoms with van der Waals surface area (Å²) >= 11 is 2.53. The van der Waals surface area contributed by atoms with Gasteiger partial charge in [-0.25, -0.2) is 0 Å². The number of pyridine rings is 1. The third-order valence-corrected chi connectivity index (χ3v) is 1.88. The van der Waals surface area contributed by atoms with E-state index in [0.717, 1.165) is 0 Å². The fraction of sp³-hybridized carbons (Fsp3) is 0.167. The molecule has 1 rings (SSSR count). The minimum absolute atomic E-state index is 0.416. The highest BCUT2D eigenvalue weighted by Crippen LogP contribution is 2.27. The zero-order chi connectivity index (χ0) is 10.9. The van der Waals surface area contributed by atoms with Crippen LogP contribution in [0.5, 0.6) is 5.75 Å². The Morgan fingerprint density at radius 1 is 1.43 bits per heavy atom. The van der Waals surface area contributed by atoms with E-state index in [1.54, 1.807) is 4.98 Å². The van der Waals surface area contributed by atoms with Crippen molar-refractivity contribution >= 4 is 15.9 Å². The highest BCUT2D eigenvalue weighted by molar-refractivity contribution is 9.10. The summed E-state index contributed by atoms with van der Waals surface area (Å²) in [5.41, 5.74) is -1.04. The molecular formula is C6H2BrF4NO2. The molecule has 0 bridgehead atoms. The maximum Gasteiger partial charge on any atom is 0.573 e. The Morgan fingerprint density at radius 3 is 2.50 bits per heavy atom. The topological polar surface area (TPSA) is 42.1 Å². The molecule has 0 aliphatic heterocycles. The van der Waals surface area contributed by atoms with Gasteiger partial charge in [0.25, 0.3) is 5.56 Å². The summed E-state index contributed by atoms with van der Waals surface area (Å²) in [5.74, 6) is -2.13. The number of halogens is 5. The van der Waals surface area contributed by atoms with E-state index in [2.05, 4.69) is 20.7 Å². The lowest BCUT2D eigenvalue weighted by molar-refractivity contribution is -0.275. The number of alkyl halides is 3. The lowest BCUT2D eigenvalue weighted by Crippen LogP contribution is -2.20. The first kappa shape index (κ1) is 11.0. The molecule has 78 valence electrons. The van der Waals surface area contributed by atoms with Crippen LogP contribution in [0.4, 0.5) is 17.6 Å². The molecule has 0 atom stereocenters. The minimum Gasteiger partial charge on any atom is -0.404 e. The van der Waals surface area contributed by atoms with E-state index < -0.39 is 28.1 Å². The van der Waals surface area contributed by atoms with Crippen molar-refractivity contribution in [3.05, 3.63) is 26.8 Å². The Balaban J connectivity index is 3.15. The van der Waals surface area contributed by atoms with E-state index in [9.17, 15) is 22.4 Å². The highest BCUT2D eigenvalue weighted by Gasteiger charge is 2.32. The Labute approximate surface area is 82.8 Å². The van der Waals surface area contributed by atoms with E-state index in [1.807, 2.05) is 0 Å². The molecule has 0 aliphatic rings. The van der Waals surface area contributed by atoms with Gasteiger partial charge in [0.2, 0.25) is 0 Å². The second-order valence-electron chi connectivity index (χ2n) is 2.17. The van der Waals surface area contributed by atoms with Crippen molar-refractivity contribution in [3.8, 4) is 5.75 Å². The van der Waals surface area contributed by atoms with E-state index in [0.29, 0.717) is 6.07 Å². The second-order valence-corrected chi connectivity index (χ2v) is 2.97. The zero-order valence-electron chi connectivity index (χ0n) is 6.28. The minimum atomic E-state index is -4.97. The molecule has 1 aromatic rings. The summed E-state index contributed by atoms with van der Waals surface area (Å²) in [6, 6.07) is 0.416. The van der Waals surface area contributed by atoms with Gasteiger partial charge < -0.3 is 4.74 Å². The predicted molar refractivity (Wildman–Crippen MR) is 41.4 cm³/mol. The van der Waals surface area contributed by atoms with Gasteiger partial charge >= 0.3 is 6.36 Å². The van der Waals surface area contributed by atoms with E-state index in [-0.39, 0.29) is 0 Å². The van der Waals surface area contributed by atoms with Crippen molar-refractivity contribution in [2.75, 3.05) is 0 Å². The molecule has 0 aromatic carbocycles. The maximum absolute atomic E-state index is 12.5. The standard InChI is InChI=1S/C6H2BrF4NO2/c7-4-2(14-6(9,10)11)1-3(8)12-5(4)13/h1H,(H,12,13). The molecule has 0 saturated carbocycles. The molecule has 0 unspecified atom stereocenters. The fourth-order valence-corrected chi connectivity index (χ4v) is 0.983. The van der Waals surface area contributed by atoms with Gasteiger partial charge in [-0.05, 0) is 15.9 Å². The van der Waals surface area contributed by atoms with Crippen molar-refractivity contribution in [2.24, 2.45) is 0 Å². The molecule has 0 aliphatic carbocycles. The van der Waals surface area contributed by atoms with Crippen LogP contribution >= 0.6 is 15.9 Å². The van der Waals surface area contributed by atoms with Gasteiger partial charge in [-0.2, -0.15) is 4.39 Å². The van der Waals surface area contributed by atoms with Crippen molar-refractivity contribution in [1.82, 2.24) is 4.98 Å². The van der Waals surface area contributed by atoms with Gasteiger partial charge in [-0.3, -0.25) is 9.78 Å². The molecule has 14 heavy (non-hydrogen) atoms. The lowest BCUT2D eigenvalue weighted by atomic mass is 10.4. The third kappa shape index (κ3) is 2.72. The number of hydrogen-bond acceptors (Lipinski definition) is 2. The molecule has 0 fully saturated rings. The molecule has 0 saturated heterocycles. The zero-order valence-corrected chi connectivity index (χ0v) is 7.87. The Hall–Kier alpha value is -1.05. The Morgan fingerprint density at radius 2 is 2.00 bits per heavy atom. The number of aromatic amines is 1. The Bertz CT molecular complexity index is 400.